The number of Topliss-reactive ketones (excluding diaryl/α,β-unsaturated/α-hetero) is 1. The molecular formula is C10H20N2O. The molecule has 0 aromatic heterocycles. The molecule has 0 saturated heterocycles. The van der Waals surface area contributed by atoms with Gasteiger partial charge < -0.3 is 5.32 Å². The Morgan fingerprint density at radius 1 is 1.54 bits per heavy atom. The van der Waals surface area contributed by atoms with Crippen molar-refractivity contribution in [1.82, 2.24) is 10.2 Å². The van der Waals surface area contributed by atoms with Crippen LogP contribution < -0.4 is 5.32 Å². The van der Waals surface area contributed by atoms with Crippen molar-refractivity contribution in [3.8, 4) is 0 Å². The van der Waals surface area contributed by atoms with E-state index in [4.69, 9.17) is 0 Å². The SMILES string of the molecule is CNCCCN(C)CC(=O)C1CC1. The van der Waals surface area contributed by atoms with Gasteiger partial charge in [0.25, 0.3) is 0 Å². The number of nitrogens with zero attached hydrogens (tertiary/aromatic N) is 1. The van der Waals surface area contributed by atoms with Crippen molar-refractivity contribution in [2.75, 3.05) is 33.7 Å². The van der Waals surface area contributed by atoms with Crippen molar-refractivity contribution < 1.29 is 4.79 Å². The normalized spacial score (nSPS) is 16.5. The van der Waals surface area contributed by atoms with Crippen LogP contribution in [0.25, 0.3) is 0 Å². The minimum absolute atomic E-state index is 0.409. The van der Waals surface area contributed by atoms with Gasteiger partial charge in [0.2, 0.25) is 0 Å². The Morgan fingerprint density at radius 2 is 2.23 bits per heavy atom. The molecule has 0 aliphatic heterocycles. The van der Waals surface area contributed by atoms with Crippen LogP contribution in [0.15, 0.2) is 0 Å². The first-order valence-electron chi connectivity index (χ1n) is 5.10. The summed E-state index contributed by atoms with van der Waals surface area (Å²) >= 11 is 0. The number of carbonyl (C=O) groups is 1. The molecule has 0 aromatic rings. The summed E-state index contributed by atoms with van der Waals surface area (Å²) in [6, 6.07) is 0. The van der Waals surface area contributed by atoms with E-state index in [0.717, 1.165) is 32.4 Å². The number of nitrogens with one attached hydrogen (secondary N) is 1. The van der Waals surface area contributed by atoms with E-state index < -0.39 is 0 Å². The molecule has 1 aliphatic carbocycles. The predicted molar refractivity (Wildman–Crippen MR) is 53.8 cm³/mol. The van der Waals surface area contributed by atoms with E-state index in [9.17, 15) is 4.79 Å². The molecule has 1 rings (SSSR count). The van der Waals surface area contributed by atoms with Gasteiger partial charge in [-0.3, -0.25) is 9.69 Å². The van der Waals surface area contributed by atoms with Gasteiger partial charge in [-0.1, -0.05) is 0 Å². The van der Waals surface area contributed by atoms with Crippen LogP contribution in [0.5, 0.6) is 0 Å². The predicted octanol–water partition coefficient (Wildman–Crippen LogP) is 0.507. The largest absolute Gasteiger partial charge is 0.320 e. The quantitative estimate of drug-likeness (QED) is 0.585. The van der Waals surface area contributed by atoms with Gasteiger partial charge >= 0.3 is 0 Å². The molecule has 0 atom stereocenters. The van der Waals surface area contributed by atoms with E-state index in [-0.39, 0.29) is 0 Å². The highest BCUT2D eigenvalue weighted by Gasteiger charge is 2.29. The summed E-state index contributed by atoms with van der Waals surface area (Å²) in [6.45, 7) is 2.69. The highest BCUT2D eigenvalue weighted by molar-refractivity contribution is 5.84. The number of carbonyl (C=O) groups excluding carboxylic acids is 1. The summed E-state index contributed by atoms with van der Waals surface area (Å²) in [7, 11) is 3.98. The first-order chi connectivity index (χ1) is 6.24. The Morgan fingerprint density at radius 3 is 2.77 bits per heavy atom. The van der Waals surface area contributed by atoms with Crippen LogP contribution in [0.4, 0.5) is 0 Å². The van der Waals surface area contributed by atoms with E-state index in [2.05, 4.69) is 10.2 Å². The molecule has 1 N–H and O–H groups in total. The molecule has 1 saturated carbocycles. The zero-order chi connectivity index (χ0) is 9.68. The van der Waals surface area contributed by atoms with Crippen molar-refractivity contribution in [3.05, 3.63) is 0 Å². The smallest absolute Gasteiger partial charge is 0.149 e. The van der Waals surface area contributed by atoms with Crippen LogP contribution in [0.2, 0.25) is 0 Å². The van der Waals surface area contributed by atoms with Crippen molar-refractivity contribution in [1.29, 1.82) is 0 Å². The fourth-order valence-corrected chi connectivity index (χ4v) is 1.41. The molecule has 1 fully saturated rings. The minimum Gasteiger partial charge on any atom is -0.320 e. The Kier molecular flexibility index (Phi) is 4.39. The van der Waals surface area contributed by atoms with E-state index in [1.54, 1.807) is 0 Å². The number of ketones is 1. The van der Waals surface area contributed by atoms with Crippen molar-refractivity contribution >= 4 is 5.78 Å². The third kappa shape index (κ3) is 4.39. The highest BCUT2D eigenvalue weighted by atomic mass is 16.1. The lowest BCUT2D eigenvalue weighted by atomic mass is 10.2. The molecule has 0 bridgehead atoms. The van der Waals surface area contributed by atoms with Crippen molar-refractivity contribution in [2.24, 2.45) is 5.92 Å². The molecule has 13 heavy (non-hydrogen) atoms. The lowest BCUT2D eigenvalue weighted by Crippen LogP contribution is -2.29. The molecule has 0 unspecified atom stereocenters. The van der Waals surface area contributed by atoms with Crippen LogP contribution in [0.1, 0.15) is 19.3 Å². The zero-order valence-electron chi connectivity index (χ0n) is 8.68. The van der Waals surface area contributed by atoms with Gasteiger partial charge in [0.1, 0.15) is 5.78 Å². The van der Waals surface area contributed by atoms with Gasteiger partial charge in [-0.2, -0.15) is 0 Å². The van der Waals surface area contributed by atoms with Crippen LogP contribution in [-0.2, 0) is 4.79 Å². The number of rotatable bonds is 7. The minimum atomic E-state index is 0.409. The Bertz CT molecular complexity index is 166. The van der Waals surface area contributed by atoms with Crippen molar-refractivity contribution in [2.45, 2.75) is 19.3 Å². The second-order valence-corrected chi connectivity index (χ2v) is 3.94. The van der Waals surface area contributed by atoms with E-state index in [1.807, 2.05) is 14.1 Å². The molecule has 3 heteroatoms. The number of hydrogen-bond acceptors (Lipinski definition) is 3. The third-order valence-electron chi connectivity index (χ3n) is 2.43. The second kappa shape index (κ2) is 5.35. The Balaban J connectivity index is 2.02. The first kappa shape index (κ1) is 10.7. The molecule has 0 radical (unpaired) electrons. The van der Waals surface area contributed by atoms with Crippen LogP contribution in [0, 0.1) is 5.92 Å². The number of likely N-dealkylation sites (N-methyl/N-ethyl adjacent to an activating group) is 1. The maximum absolute atomic E-state index is 11.4. The van der Waals surface area contributed by atoms with Gasteiger partial charge in [-0.25, -0.2) is 0 Å². The average molecular weight is 184 g/mol. The number of hydrogen-bond donors (Lipinski definition) is 1. The maximum Gasteiger partial charge on any atom is 0.149 e. The summed E-state index contributed by atoms with van der Waals surface area (Å²) < 4.78 is 0. The molecular weight excluding hydrogens is 164 g/mol. The lowest BCUT2D eigenvalue weighted by Gasteiger charge is -2.14. The van der Waals surface area contributed by atoms with Crippen molar-refractivity contribution in [3.63, 3.8) is 0 Å². The van der Waals surface area contributed by atoms with E-state index in [0.29, 0.717) is 18.2 Å². The molecule has 1 aliphatic rings. The maximum atomic E-state index is 11.4. The topological polar surface area (TPSA) is 32.3 Å². The molecule has 0 aromatic carbocycles. The van der Waals surface area contributed by atoms with E-state index >= 15 is 0 Å². The lowest BCUT2D eigenvalue weighted by molar-refractivity contribution is -0.121. The summed E-state index contributed by atoms with van der Waals surface area (Å²) in [4.78, 5) is 13.5. The fraction of sp³-hybridized carbons (Fsp3) is 0.900. The first-order valence-corrected chi connectivity index (χ1v) is 5.10. The van der Waals surface area contributed by atoms with Gasteiger partial charge in [0, 0.05) is 5.92 Å². The highest BCUT2D eigenvalue weighted by Crippen LogP contribution is 2.29. The standard InChI is InChI=1S/C10H20N2O/c1-11-6-3-7-12(2)8-10(13)9-4-5-9/h9,11H,3-8H2,1-2H3. The summed E-state index contributed by atoms with van der Waals surface area (Å²) in [5, 5.41) is 3.10. The Labute approximate surface area is 80.5 Å². The zero-order valence-corrected chi connectivity index (χ0v) is 8.68. The van der Waals surface area contributed by atoms with Gasteiger partial charge in [0.05, 0.1) is 6.54 Å². The molecule has 76 valence electrons. The molecule has 0 heterocycles. The summed E-state index contributed by atoms with van der Waals surface area (Å²) in [5.74, 6) is 0.846. The van der Waals surface area contributed by atoms with E-state index in [1.165, 1.54) is 0 Å². The summed E-state index contributed by atoms with van der Waals surface area (Å²) in [6.07, 6.45) is 3.37. The Hall–Kier alpha value is -0.410. The molecule has 3 nitrogen and oxygen atoms in total. The second-order valence-electron chi connectivity index (χ2n) is 3.94. The van der Waals surface area contributed by atoms with Gasteiger partial charge in [-0.05, 0) is 46.4 Å². The van der Waals surface area contributed by atoms with Gasteiger partial charge in [0.15, 0.2) is 0 Å². The van der Waals surface area contributed by atoms with Crippen LogP contribution in [0.3, 0.4) is 0 Å². The average Bonchev–Trinajstić information content (AvgIpc) is 2.86. The molecule has 0 amide bonds. The monoisotopic (exact) mass is 184 g/mol. The fourth-order valence-electron chi connectivity index (χ4n) is 1.41. The van der Waals surface area contributed by atoms with Crippen LogP contribution in [-0.4, -0.2) is 44.4 Å². The van der Waals surface area contributed by atoms with Gasteiger partial charge in [-0.15, -0.1) is 0 Å². The molecule has 0 spiro atoms. The van der Waals surface area contributed by atoms with Crippen LogP contribution >= 0.6 is 0 Å². The summed E-state index contributed by atoms with van der Waals surface area (Å²) in [5.41, 5.74) is 0. The third-order valence-corrected chi connectivity index (χ3v) is 2.43.